The topological polar surface area (TPSA) is 76.4 Å². The van der Waals surface area contributed by atoms with Gasteiger partial charge in [0, 0.05) is 38.6 Å². The van der Waals surface area contributed by atoms with E-state index in [9.17, 15) is 0 Å². The maximum absolute atomic E-state index is 6.08. The van der Waals surface area contributed by atoms with Gasteiger partial charge in [-0.05, 0) is 37.8 Å². The lowest BCUT2D eigenvalue weighted by Gasteiger charge is -2.16. The van der Waals surface area contributed by atoms with Crippen LogP contribution in [0, 0.1) is 0 Å². The van der Waals surface area contributed by atoms with Crippen LogP contribution in [0.2, 0.25) is 0 Å². The normalized spacial score (nSPS) is 15.4. The number of nitrogens with zero attached hydrogens (tertiary/aromatic N) is 4. The highest BCUT2D eigenvalue weighted by Crippen LogP contribution is 2.24. The molecular formula is C18H26N6O. The van der Waals surface area contributed by atoms with Gasteiger partial charge in [0.2, 0.25) is 5.88 Å². The van der Waals surface area contributed by atoms with Crippen molar-refractivity contribution in [1.82, 2.24) is 25.4 Å². The van der Waals surface area contributed by atoms with Gasteiger partial charge in [-0.3, -0.25) is 9.67 Å². The molecule has 25 heavy (non-hydrogen) atoms. The minimum Gasteiger partial charge on any atom is -0.474 e. The maximum Gasteiger partial charge on any atom is 0.218 e. The second kappa shape index (κ2) is 8.50. The van der Waals surface area contributed by atoms with Gasteiger partial charge in [0.15, 0.2) is 5.96 Å². The van der Waals surface area contributed by atoms with E-state index in [1.54, 1.807) is 19.4 Å². The second-order valence-corrected chi connectivity index (χ2v) is 6.22. The van der Waals surface area contributed by atoms with Gasteiger partial charge in [-0.15, -0.1) is 0 Å². The molecule has 3 rings (SSSR count). The third kappa shape index (κ3) is 4.71. The molecule has 2 heterocycles. The molecule has 2 N–H and O–H groups in total. The first-order chi connectivity index (χ1) is 12.3. The van der Waals surface area contributed by atoms with Crippen LogP contribution in [0.1, 0.15) is 36.9 Å². The van der Waals surface area contributed by atoms with Crippen molar-refractivity contribution in [3.63, 3.8) is 0 Å². The Morgan fingerprint density at radius 3 is 2.76 bits per heavy atom. The van der Waals surface area contributed by atoms with Crippen LogP contribution in [0.4, 0.5) is 0 Å². The summed E-state index contributed by atoms with van der Waals surface area (Å²) >= 11 is 0. The Hall–Kier alpha value is -2.57. The van der Waals surface area contributed by atoms with Crippen molar-refractivity contribution in [1.29, 1.82) is 0 Å². The average molecular weight is 342 g/mol. The van der Waals surface area contributed by atoms with Crippen LogP contribution in [-0.4, -0.2) is 33.9 Å². The number of rotatable bonds is 6. The van der Waals surface area contributed by atoms with Gasteiger partial charge in [0.05, 0.1) is 12.2 Å². The minimum atomic E-state index is 0.302. The van der Waals surface area contributed by atoms with E-state index in [1.165, 1.54) is 12.8 Å². The van der Waals surface area contributed by atoms with Gasteiger partial charge in [0.1, 0.15) is 6.10 Å². The summed E-state index contributed by atoms with van der Waals surface area (Å²) in [6.07, 6.45) is 8.61. The molecule has 1 aliphatic carbocycles. The van der Waals surface area contributed by atoms with Crippen LogP contribution in [0.3, 0.4) is 0 Å². The van der Waals surface area contributed by atoms with Crippen LogP contribution < -0.4 is 15.4 Å². The van der Waals surface area contributed by atoms with E-state index in [0.29, 0.717) is 19.2 Å². The molecule has 0 unspecified atom stereocenters. The standard InChI is InChI=1S/C18H26N6O/c1-19-18(22-13-15-9-11-23-24(15)2)21-12-14-6-5-10-20-17(14)25-16-7-3-4-8-16/h5-6,9-11,16H,3-4,7-8,12-13H2,1-2H3,(H2,19,21,22). The summed E-state index contributed by atoms with van der Waals surface area (Å²) < 4.78 is 7.93. The quantitative estimate of drug-likeness (QED) is 0.620. The van der Waals surface area contributed by atoms with Crippen LogP contribution in [0.15, 0.2) is 35.6 Å². The number of hydrogen-bond acceptors (Lipinski definition) is 4. The van der Waals surface area contributed by atoms with Crippen molar-refractivity contribution < 1.29 is 4.74 Å². The first-order valence-corrected chi connectivity index (χ1v) is 8.78. The van der Waals surface area contributed by atoms with Gasteiger partial charge >= 0.3 is 0 Å². The molecule has 7 heteroatoms. The summed E-state index contributed by atoms with van der Waals surface area (Å²) in [5, 5.41) is 10.8. The van der Waals surface area contributed by atoms with Crippen LogP contribution in [0.25, 0.3) is 0 Å². The highest BCUT2D eigenvalue weighted by molar-refractivity contribution is 5.79. The lowest BCUT2D eigenvalue weighted by molar-refractivity contribution is 0.199. The molecule has 2 aromatic heterocycles. The fourth-order valence-electron chi connectivity index (χ4n) is 2.98. The lowest BCUT2D eigenvalue weighted by Crippen LogP contribution is -2.36. The predicted molar refractivity (Wildman–Crippen MR) is 97.4 cm³/mol. The molecular weight excluding hydrogens is 316 g/mol. The highest BCUT2D eigenvalue weighted by Gasteiger charge is 2.18. The van der Waals surface area contributed by atoms with E-state index >= 15 is 0 Å². The highest BCUT2D eigenvalue weighted by atomic mass is 16.5. The van der Waals surface area contributed by atoms with E-state index in [-0.39, 0.29) is 0 Å². The Morgan fingerprint density at radius 1 is 1.24 bits per heavy atom. The molecule has 0 atom stereocenters. The van der Waals surface area contributed by atoms with Crippen LogP contribution in [0.5, 0.6) is 5.88 Å². The summed E-state index contributed by atoms with van der Waals surface area (Å²) in [6, 6.07) is 5.96. The minimum absolute atomic E-state index is 0.302. The summed E-state index contributed by atoms with van der Waals surface area (Å²) in [5.74, 6) is 1.46. The number of ether oxygens (including phenoxy) is 1. The van der Waals surface area contributed by atoms with E-state index < -0.39 is 0 Å². The number of nitrogens with one attached hydrogen (secondary N) is 2. The molecule has 0 bridgehead atoms. The van der Waals surface area contributed by atoms with E-state index in [0.717, 1.165) is 35.9 Å². The molecule has 134 valence electrons. The summed E-state index contributed by atoms with van der Waals surface area (Å²) in [4.78, 5) is 8.68. The molecule has 1 aliphatic rings. The van der Waals surface area contributed by atoms with E-state index in [2.05, 4.69) is 25.7 Å². The maximum atomic E-state index is 6.08. The third-order valence-electron chi connectivity index (χ3n) is 4.46. The smallest absolute Gasteiger partial charge is 0.218 e. The number of aromatic nitrogens is 3. The molecule has 2 aromatic rings. The van der Waals surface area contributed by atoms with Gasteiger partial charge in [0.25, 0.3) is 0 Å². The van der Waals surface area contributed by atoms with Gasteiger partial charge < -0.3 is 15.4 Å². The largest absolute Gasteiger partial charge is 0.474 e. The summed E-state index contributed by atoms with van der Waals surface area (Å²) in [7, 11) is 3.69. The third-order valence-corrected chi connectivity index (χ3v) is 4.46. The molecule has 0 saturated heterocycles. The number of pyridine rings is 1. The molecule has 1 fully saturated rings. The Balaban J connectivity index is 1.55. The van der Waals surface area contributed by atoms with E-state index in [1.807, 2.05) is 29.9 Å². The monoisotopic (exact) mass is 342 g/mol. The van der Waals surface area contributed by atoms with Gasteiger partial charge in [-0.1, -0.05) is 6.07 Å². The van der Waals surface area contributed by atoms with Crippen molar-refractivity contribution in [3.05, 3.63) is 41.9 Å². The zero-order valence-corrected chi connectivity index (χ0v) is 14.9. The zero-order chi connectivity index (χ0) is 17.5. The molecule has 0 radical (unpaired) electrons. The molecule has 7 nitrogen and oxygen atoms in total. The molecule has 1 saturated carbocycles. The molecule has 0 spiro atoms. The zero-order valence-electron chi connectivity index (χ0n) is 14.9. The Bertz CT molecular complexity index is 705. The second-order valence-electron chi connectivity index (χ2n) is 6.22. The average Bonchev–Trinajstić information content (AvgIpc) is 3.28. The summed E-state index contributed by atoms with van der Waals surface area (Å²) in [5.41, 5.74) is 2.13. The number of aliphatic imine (C=N–C) groups is 1. The Morgan fingerprint density at radius 2 is 2.04 bits per heavy atom. The lowest BCUT2D eigenvalue weighted by atomic mass is 10.2. The fraction of sp³-hybridized carbons (Fsp3) is 0.500. The van der Waals surface area contributed by atoms with Crippen molar-refractivity contribution in [2.45, 2.75) is 44.9 Å². The SMILES string of the molecule is CN=C(NCc1cccnc1OC1CCCC1)NCc1ccnn1C. The van der Waals surface area contributed by atoms with Gasteiger partial charge in [-0.25, -0.2) is 4.98 Å². The fourth-order valence-corrected chi connectivity index (χ4v) is 2.98. The molecule has 0 aliphatic heterocycles. The van der Waals surface area contributed by atoms with Crippen molar-refractivity contribution in [3.8, 4) is 5.88 Å². The predicted octanol–water partition coefficient (Wildman–Crippen LogP) is 2.00. The number of guanidine groups is 1. The summed E-state index contributed by atoms with van der Waals surface area (Å²) in [6.45, 7) is 1.27. The number of hydrogen-bond donors (Lipinski definition) is 2. The Labute approximate surface area is 148 Å². The van der Waals surface area contributed by atoms with Crippen LogP contribution in [-0.2, 0) is 20.1 Å². The number of aryl methyl sites for hydroxylation is 1. The van der Waals surface area contributed by atoms with Crippen molar-refractivity contribution in [2.75, 3.05) is 7.05 Å². The Kier molecular flexibility index (Phi) is 5.87. The van der Waals surface area contributed by atoms with Gasteiger partial charge in [-0.2, -0.15) is 5.10 Å². The van der Waals surface area contributed by atoms with Crippen molar-refractivity contribution >= 4 is 5.96 Å². The van der Waals surface area contributed by atoms with E-state index in [4.69, 9.17) is 4.74 Å². The van der Waals surface area contributed by atoms with Crippen LogP contribution >= 0.6 is 0 Å². The van der Waals surface area contributed by atoms with Crippen molar-refractivity contribution in [2.24, 2.45) is 12.0 Å². The first-order valence-electron chi connectivity index (χ1n) is 8.78. The molecule has 0 amide bonds. The first kappa shape index (κ1) is 17.3. The molecule has 0 aromatic carbocycles.